The Kier molecular flexibility index (Phi) is 7.60. The SMILES string of the molecule is COc1ccc([Te](OC(=O)c2ccncc2)(OC(=O)c2ccncc2)c2ccc(OC)cc2)cc1. The van der Waals surface area contributed by atoms with Crippen LogP contribution in [0.4, 0.5) is 0 Å². The molecule has 4 aromatic rings. The summed E-state index contributed by atoms with van der Waals surface area (Å²) >= 11 is -4.71. The van der Waals surface area contributed by atoms with Gasteiger partial charge in [0.2, 0.25) is 0 Å². The van der Waals surface area contributed by atoms with E-state index in [0.29, 0.717) is 18.7 Å². The van der Waals surface area contributed by atoms with E-state index < -0.39 is 30.9 Å². The first-order chi connectivity index (χ1) is 17.1. The zero-order valence-electron chi connectivity index (χ0n) is 19.0. The first kappa shape index (κ1) is 24.2. The van der Waals surface area contributed by atoms with Crippen molar-refractivity contribution >= 4 is 38.2 Å². The summed E-state index contributed by atoms with van der Waals surface area (Å²) in [5.41, 5.74) is 0.579. The predicted octanol–water partition coefficient (Wildman–Crippen LogP) is 2.76. The van der Waals surface area contributed by atoms with Crippen molar-refractivity contribution in [3.8, 4) is 11.5 Å². The number of carbonyl (C=O) groups excluding carboxylic acids is 2. The molecule has 0 aliphatic rings. The van der Waals surface area contributed by atoms with Gasteiger partial charge >= 0.3 is 208 Å². The summed E-state index contributed by atoms with van der Waals surface area (Å²) in [7, 11) is 3.11. The molecule has 0 saturated heterocycles. The van der Waals surface area contributed by atoms with Crippen LogP contribution >= 0.6 is 0 Å². The zero-order chi connectivity index (χ0) is 24.7. The van der Waals surface area contributed by atoms with Crippen molar-refractivity contribution in [3.05, 3.63) is 109 Å². The van der Waals surface area contributed by atoms with Gasteiger partial charge in [-0.2, -0.15) is 0 Å². The molecule has 0 amide bonds. The van der Waals surface area contributed by atoms with Gasteiger partial charge < -0.3 is 0 Å². The fraction of sp³-hybridized carbons (Fsp3) is 0.0769. The molecule has 0 aliphatic carbocycles. The Balaban J connectivity index is 1.88. The first-order valence-electron chi connectivity index (χ1n) is 10.4. The van der Waals surface area contributed by atoms with Gasteiger partial charge in [-0.15, -0.1) is 0 Å². The van der Waals surface area contributed by atoms with E-state index in [9.17, 15) is 9.59 Å². The second kappa shape index (κ2) is 11.0. The molecule has 2 aromatic heterocycles. The minimum atomic E-state index is -4.71. The Morgan fingerprint density at radius 1 is 0.571 bits per heavy atom. The monoisotopic (exact) mass is 588 g/mol. The second-order valence-corrected chi connectivity index (χ2v) is 13.6. The molecule has 0 fully saturated rings. The van der Waals surface area contributed by atoms with Crippen LogP contribution in [0.5, 0.6) is 11.5 Å². The van der Waals surface area contributed by atoms with Crippen molar-refractivity contribution in [2.45, 2.75) is 0 Å². The molecule has 0 spiro atoms. The molecule has 0 atom stereocenters. The number of ether oxygens (including phenoxy) is 2. The number of hydrogen-bond acceptors (Lipinski definition) is 8. The van der Waals surface area contributed by atoms with Gasteiger partial charge in [-0.05, 0) is 0 Å². The number of pyridine rings is 2. The Labute approximate surface area is 207 Å². The molecule has 0 aliphatic heterocycles. The van der Waals surface area contributed by atoms with Gasteiger partial charge in [0.05, 0.1) is 0 Å². The van der Waals surface area contributed by atoms with Crippen LogP contribution in [0.25, 0.3) is 0 Å². The Morgan fingerprint density at radius 3 is 1.23 bits per heavy atom. The molecule has 178 valence electrons. The number of hydrogen-bond donors (Lipinski definition) is 0. The van der Waals surface area contributed by atoms with Crippen LogP contribution in [-0.4, -0.2) is 55.1 Å². The van der Waals surface area contributed by atoms with Crippen molar-refractivity contribution in [2.75, 3.05) is 14.2 Å². The number of benzene rings is 2. The standard InChI is InChI=1S/C26H22N2O6Te/c1-31-21-3-7-23(8-4-21)35(24-9-5-22(32-2)6-10-24,33-25(29)19-11-15-27-16-12-19)34-26(30)20-13-17-28-18-14-20/h3-18H,1-2H3. The van der Waals surface area contributed by atoms with Gasteiger partial charge in [0.25, 0.3) is 0 Å². The second-order valence-electron chi connectivity index (χ2n) is 7.07. The van der Waals surface area contributed by atoms with E-state index in [0.717, 1.165) is 0 Å². The third kappa shape index (κ3) is 5.43. The maximum absolute atomic E-state index is 13.3. The summed E-state index contributed by atoms with van der Waals surface area (Å²) in [6.07, 6.45) is 5.98. The van der Waals surface area contributed by atoms with E-state index in [1.807, 2.05) is 0 Å². The number of aromatic nitrogens is 2. The number of methoxy groups -OCH3 is 2. The van der Waals surface area contributed by atoms with Crippen LogP contribution in [0, 0.1) is 0 Å². The molecule has 0 unspecified atom stereocenters. The third-order valence-electron chi connectivity index (χ3n) is 4.96. The molecule has 0 N–H and O–H groups in total. The molecule has 8 nitrogen and oxygen atoms in total. The van der Waals surface area contributed by atoms with E-state index >= 15 is 0 Å². The first-order valence-corrected chi connectivity index (χ1v) is 14.7. The summed E-state index contributed by atoms with van der Waals surface area (Å²) in [5.74, 6) is -0.0206. The normalized spacial score (nSPS) is 11.3. The van der Waals surface area contributed by atoms with E-state index in [4.69, 9.17) is 15.7 Å². The summed E-state index contributed by atoms with van der Waals surface area (Å²) in [6, 6.07) is 20.1. The van der Waals surface area contributed by atoms with Gasteiger partial charge in [0.15, 0.2) is 0 Å². The van der Waals surface area contributed by atoms with Gasteiger partial charge in [-0.1, -0.05) is 0 Å². The number of nitrogens with zero attached hydrogens (tertiary/aromatic N) is 2. The topological polar surface area (TPSA) is 96.8 Å². The maximum atomic E-state index is 13.3. The van der Waals surface area contributed by atoms with E-state index in [1.165, 1.54) is 24.8 Å². The van der Waals surface area contributed by atoms with E-state index in [-0.39, 0.29) is 11.1 Å². The number of rotatable bonds is 8. The molecule has 0 radical (unpaired) electrons. The van der Waals surface area contributed by atoms with Crippen molar-refractivity contribution in [3.63, 3.8) is 0 Å². The molecule has 9 heteroatoms. The van der Waals surface area contributed by atoms with Crippen molar-refractivity contribution in [1.29, 1.82) is 0 Å². The Morgan fingerprint density at radius 2 is 0.914 bits per heavy atom. The van der Waals surface area contributed by atoms with Crippen LogP contribution in [0.3, 0.4) is 0 Å². The summed E-state index contributed by atoms with van der Waals surface area (Å²) in [5, 5.41) is 0. The number of carbonyl (C=O) groups is 2. The predicted molar refractivity (Wildman–Crippen MR) is 130 cm³/mol. The zero-order valence-corrected chi connectivity index (χ0v) is 21.3. The molecule has 2 heterocycles. The van der Waals surface area contributed by atoms with Crippen molar-refractivity contribution in [2.24, 2.45) is 0 Å². The fourth-order valence-electron chi connectivity index (χ4n) is 3.14. The quantitative estimate of drug-likeness (QED) is 0.291. The molecule has 0 saturated carbocycles. The molecular formula is C26H22N2O6Te. The van der Waals surface area contributed by atoms with Crippen LogP contribution in [0.15, 0.2) is 97.6 Å². The molecule has 0 bridgehead atoms. The van der Waals surface area contributed by atoms with Gasteiger partial charge in [0, 0.05) is 0 Å². The Hall–Kier alpha value is -3.93. The van der Waals surface area contributed by atoms with Crippen LogP contribution in [-0.2, 0) is 6.20 Å². The van der Waals surface area contributed by atoms with Gasteiger partial charge in [-0.3, -0.25) is 0 Å². The van der Waals surface area contributed by atoms with Gasteiger partial charge in [-0.25, -0.2) is 0 Å². The Bertz CT molecular complexity index is 1180. The summed E-state index contributed by atoms with van der Waals surface area (Å²) in [6.45, 7) is 0. The minimum absolute atomic E-state index is 0.289. The van der Waals surface area contributed by atoms with Crippen molar-refractivity contribution < 1.29 is 25.3 Å². The van der Waals surface area contributed by atoms with Crippen LogP contribution in [0.1, 0.15) is 20.7 Å². The molecule has 35 heavy (non-hydrogen) atoms. The molecular weight excluding hydrogens is 564 g/mol. The summed E-state index contributed by atoms with van der Waals surface area (Å²) in [4.78, 5) is 34.5. The fourth-order valence-corrected chi connectivity index (χ4v) is 9.70. The average molecular weight is 586 g/mol. The summed E-state index contributed by atoms with van der Waals surface area (Å²) < 4.78 is 24.2. The van der Waals surface area contributed by atoms with Crippen LogP contribution < -0.4 is 16.7 Å². The van der Waals surface area contributed by atoms with Gasteiger partial charge in [0.1, 0.15) is 0 Å². The molecule has 4 rings (SSSR count). The third-order valence-corrected chi connectivity index (χ3v) is 12.3. The van der Waals surface area contributed by atoms with Crippen molar-refractivity contribution in [1.82, 2.24) is 9.97 Å². The average Bonchev–Trinajstić information content (AvgIpc) is 2.93. The van der Waals surface area contributed by atoms with Crippen LogP contribution in [0.2, 0.25) is 0 Å². The molecule has 2 aromatic carbocycles. The van der Waals surface area contributed by atoms with E-state index in [1.54, 1.807) is 87.0 Å². The van der Waals surface area contributed by atoms with E-state index in [2.05, 4.69) is 9.97 Å².